The van der Waals surface area contributed by atoms with E-state index in [4.69, 9.17) is 9.47 Å². The van der Waals surface area contributed by atoms with Gasteiger partial charge in [0.2, 0.25) is 0 Å². The Morgan fingerprint density at radius 3 is 2.59 bits per heavy atom. The number of carbonyl (C=O) groups is 1. The molecule has 0 amide bonds. The fourth-order valence-corrected chi connectivity index (χ4v) is 1.90. The third-order valence-corrected chi connectivity index (χ3v) is 3.00. The van der Waals surface area contributed by atoms with E-state index in [1.807, 2.05) is 31.2 Å². The molecule has 0 radical (unpaired) electrons. The molecule has 2 aromatic rings. The van der Waals surface area contributed by atoms with E-state index < -0.39 is 0 Å². The van der Waals surface area contributed by atoms with Crippen LogP contribution in [0, 0.1) is 0 Å². The van der Waals surface area contributed by atoms with Crippen LogP contribution < -0.4 is 14.8 Å². The lowest BCUT2D eigenvalue weighted by Gasteiger charge is -2.04. The van der Waals surface area contributed by atoms with Crippen molar-refractivity contribution < 1.29 is 14.3 Å². The Bertz CT molecular complexity index is 648. The van der Waals surface area contributed by atoms with E-state index in [1.54, 1.807) is 37.6 Å². The van der Waals surface area contributed by atoms with E-state index in [1.165, 1.54) is 6.08 Å². The van der Waals surface area contributed by atoms with Gasteiger partial charge in [0.1, 0.15) is 11.5 Å². The van der Waals surface area contributed by atoms with Crippen LogP contribution in [0.4, 0.5) is 5.69 Å². The molecule has 22 heavy (non-hydrogen) atoms. The SMILES string of the molecule is CCOc1ccc(N/C=C/C(=O)c2cccc(OC)c2)cc1. The van der Waals surface area contributed by atoms with Crippen LogP contribution in [0.25, 0.3) is 0 Å². The summed E-state index contributed by atoms with van der Waals surface area (Å²) in [5, 5.41) is 3.06. The summed E-state index contributed by atoms with van der Waals surface area (Å²) < 4.78 is 10.5. The molecule has 4 heteroatoms. The molecule has 2 aromatic carbocycles. The highest BCUT2D eigenvalue weighted by atomic mass is 16.5. The minimum absolute atomic E-state index is 0.0858. The first kappa shape index (κ1) is 15.6. The number of benzene rings is 2. The lowest BCUT2D eigenvalue weighted by Crippen LogP contribution is -1.97. The Hall–Kier alpha value is -2.75. The zero-order valence-electron chi connectivity index (χ0n) is 12.7. The summed E-state index contributed by atoms with van der Waals surface area (Å²) in [7, 11) is 1.58. The van der Waals surface area contributed by atoms with Crippen molar-refractivity contribution >= 4 is 11.5 Å². The Morgan fingerprint density at radius 1 is 1.14 bits per heavy atom. The molecule has 114 valence electrons. The smallest absolute Gasteiger partial charge is 0.187 e. The second-order valence-corrected chi connectivity index (χ2v) is 4.53. The quantitative estimate of drug-likeness (QED) is 0.622. The molecule has 0 spiro atoms. The van der Waals surface area contributed by atoms with E-state index in [-0.39, 0.29) is 5.78 Å². The topological polar surface area (TPSA) is 47.6 Å². The number of carbonyl (C=O) groups excluding carboxylic acids is 1. The predicted octanol–water partition coefficient (Wildman–Crippen LogP) is 3.90. The van der Waals surface area contributed by atoms with Crippen LogP contribution in [0.5, 0.6) is 11.5 Å². The Kier molecular flexibility index (Phi) is 5.60. The minimum atomic E-state index is -0.0858. The summed E-state index contributed by atoms with van der Waals surface area (Å²) in [6, 6.07) is 14.6. The maximum atomic E-state index is 12.0. The predicted molar refractivity (Wildman–Crippen MR) is 87.7 cm³/mol. The number of allylic oxidation sites excluding steroid dienone is 1. The van der Waals surface area contributed by atoms with Gasteiger partial charge in [-0.2, -0.15) is 0 Å². The highest BCUT2D eigenvalue weighted by Gasteiger charge is 2.02. The maximum Gasteiger partial charge on any atom is 0.187 e. The summed E-state index contributed by atoms with van der Waals surface area (Å²) in [5.41, 5.74) is 1.47. The third kappa shape index (κ3) is 4.38. The molecule has 0 heterocycles. The van der Waals surface area contributed by atoms with Gasteiger partial charge in [0.25, 0.3) is 0 Å². The van der Waals surface area contributed by atoms with Gasteiger partial charge in [0.15, 0.2) is 5.78 Å². The van der Waals surface area contributed by atoms with Gasteiger partial charge < -0.3 is 14.8 Å². The second-order valence-electron chi connectivity index (χ2n) is 4.53. The summed E-state index contributed by atoms with van der Waals surface area (Å²) in [4.78, 5) is 12.0. The molecule has 1 N–H and O–H groups in total. The number of rotatable bonds is 7. The third-order valence-electron chi connectivity index (χ3n) is 3.00. The summed E-state index contributed by atoms with van der Waals surface area (Å²) >= 11 is 0. The van der Waals surface area contributed by atoms with Gasteiger partial charge in [-0.1, -0.05) is 12.1 Å². The first-order chi connectivity index (χ1) is 10.7. The molecular formula is C18H19NO3. The highest BCUT2D eigenvalue weighted by molar-refractivity contribution is 6.04. The van der Waals surface area contributed by atoms with Crippen molar-refractivity contribution in [1.29, 1.82) is 0 Å². The van der Waals surface area contributed by atoms with E-state index in [2.05, 4.69) is 5.32 Å². The second kappa shape index (κ2) is 7.88. The van der Waals surface area contributed by atoms with E-state index in [9.17, 15) is 4.79 Å². The number of nitrogens with one attached hydrogen (secondary N) is 1. The highest BCUT2D eigenvalue weighted by Crippen LogP contribution is 2.16. The van der Waals surface area contributed by atoms with Crippen molar-refractivity contribution in [3.05, 3.63) is 66.4 Å². The lowest BCUT2D eigenvalue weighted by atomic mass is 10.1. The average molecular weight is 297 g/mol. The number of ketones is 1. The molecular weight excluding hydrogens is 278 g/mol. The number of anilines is 1. The van der Waals surface area contributed by atoms with Crippen LogP contribution >= 0.6 is 0 Å². The molecule has 2 rings (SSSR count). The zero-order chi connectivity index (χ0) is 15.8. The number of methoxy groups -OCH3 is 1. The molecule has 0 unspecified atom stereocenters. The van der Waals surface area contributed by atoms with Gasteiger partial charge in [-0.05, 0) is 43.3 Å². The molecule has 0 fully saturated rings. The standard InChI is InChI=1S/C18H19NO3/c1-3-22-16-9-7-15(8-10-16)19-12-11-18(20)14-5-4-6-17(13-14)21-2/h4-13,19H,3H2,1-2H3/b12-11+. The fraction of sp³-hybridized carbons (Fsp3) is 0.167. The molecule has 0 bridgehead atoms. The largest absolute Gasteiger partial charge is 0.497 e. The summed E-state index contributed by atoms with van der Waals surface area (Å²) in [5.74, 6) is 1.40. The number of ether oxygens (including phenoxy) is 2. The molecule has 0 aromatic heterocycles. The van der Waals surface area contributed by atoms with Gasteiger partial charge in [-0.25, -0.2) is 0 Å². The maximum absolute atomic E-state index is 12.0. The van der Waals surface area contributed by atoms with Gasteiger partial charge in [0.05, 0.1) is 13.7 Å². The van der Waals surface area contributed by atoms with Crippen molar-refractivity contribution in [3.63, 3.8) is 0 Å². The molecule has 0 aliphatic rings. The first-order valence-electron chi connectivity index (χ1n) is 7.07. The Balaban J connectivity index is 1.95. The van der Waals surface area contributed by atoms with Gasteiger partial charge in [0, 0.05) is 23.5 Å². The minimum Gasteiger partial charge on any atom is -0.497 e. The normalized spacial score (nSPS) is 10.5. The molecule has 0 atom stereocenters. The van der Waals surface area contributed by atoms with Crippen molar-refractivity contribution in [2.24, 2.45) is 0 Å². The zero-order valence-corrected chi connectivity index (χ0v) is 12.7. The molecule has 0 saturated carbocycles. The van der Waals surface area contributed by atoms with Crippen molar-refractivity contribution in [2.45, 2.75) is 6.92 Å². The van der Waals surface area contributed by atoms with Crippen molar-refractivity contribution in [3.8, 4) is 11.5 Å². The van der Waals surface area contributed by atoms with Crippen molar-refractivity contribution in [2.75, 3.05) is 19.0 Å². The molecule has 0 aliphatic heterocycles. The Morgan fingerprint density at radius 2 is 1.91 bits per heavy atom. The Labute approximate surface area is 130 Å². The average Bonchev–Trinajstić information content (AvgIpc) is 2.56. The summed E-state index contributed by atoms with van der Waals surface area (Å²) in [6.07, 6.45) is 3.11. The monoisotopic (exact) mass is 297 g/mol. The van der Waals surface area contributed by atoms with Crippen LogP contribution in [0.1, 0.15) is 17.3 Å². The molecule has 4 nitrogen and oxygen atoms in total. The van der Waals surface area contributed by atoms with Gasteiger partial charge >= 0.3 is 0 Å². The number of hydrogen-bond donors (Lipinski definition) is 1. The molecule has 0 aliphatic carbocycles. The van der Waals surface area contributed by atoms with Crippen molar-refractivity contribution in [1.82, 2.24) is 0 Å². The van der Waals surface area contributed by atoms with Crippen LogP contribution in [0.15, 0.2) is 60.8 Å². The number of hydrogen-bond acceptors (Lipinski definition) is 4. The first-order valence-corrected chi connectivity index (χ1v) is 7.07. The summed E-state index contributed by atoms with van der Waals surface area (Å²) in [6.45, 7) is 2.58. The van der Waals surface area contributed by atoms with Gasteiger partial charge in [-0.15, -0.1) is 0 Å². The van der Waals surface area contributed by atoms with Gasteiger partial charge in [-0.3, -0.25) is 4.79 Å². The van der Waals surface area contributed by atoms with Crippen LogP contribution in [-0.4, -0.2) is 19.5 Å². The van der Waals surface area contributed by atoms with Crippen LogP contribution in [-0.2, 0) is 0 Å². The lowest BCUT2D eigenvalue weighted by molar-refractivity contribution is 0.104. The van der Waals surface area contributed by atoms with E-state index >= 15 is 0 Å². The van der Waals surface area contributed by atoms with Crippen LogP contribution in [0.3, 0.4) is 0 Å². The van der Waals surface area contributed by atoms with Crippen LogP contribution in [0.2, 0.25) is 0 Å². The van der Waals surface area contributed by atoms with E-state index in [0.717, 1.165) is 11.4 Å². The fourth-order valence-electron chi connectivity index (χ4n) is 1.90. The van der Waals surface area contributed by atoms with E-state index in [0.29, 0.717) is 17.9 Å². The molecule has 0 saturated heterocycles.